The third-order valence-corrected chi connectivity index (χ3v) is 7.01. The lowest BCUT2D eigenvalue weighted by atomic mass is 9.96. The van der Waals surface area contributed by atoms with Gasteiger partial charge in [0.15, 0.2) is 23.0 Å². The largest absolute Gasteiger partial charge is 0.472 e. The van der Waals surface area contributed by atoms with Crippen LogP contribution in [0.15, 0.2) is 97.1 Å². The fourth-order valence-electron chi connectivity index (χ4n) is 4.57. The first kappa shape index (κ1) is 37.2. The first-order valence-electron chi connectivity index (χ1n) is 15.4. The Morgan fingerprint density at radius 3 is 1.81 bits per heavy atom. The summed E-state index contributed by atoms with van der Waals surface area (Å²) in [5, 5.41) is 43.1. The second-order valence-corrected chi connectivity index (χ2v) is 10.4. The van der Waals surface area contributed by atoms with Crippen LogP contribution in [0.2, 0.25) is 0 Å². The summed E-state index contributed by atoms with van der Waals surface area (Å²) in [7, 11) is 0. The van der Waals surface area contributed by atoms with Gasteiger partial charge < -0.3 is 34.5 Å². The fourth-order valence-corrected chi connectivity index (χ4v) is 4.57. The standard InChI is InChI=1S/C21H14N4O3.C8H6O3.C7H8O.C3H2N2/c22-9-15-19(14-6-7-17-18(8-14)28-12-27-17)16(10-23)21(25-20(15)24)26-11-13-4-2-1-3-5-13;9-4-6-1-2-7-8(3-6)11-5-10-7;8-6-7-4-2-1-3-5-7;4-2-1-3-5/h1-8H,11-12H2,(H2,24,25);1-4H,5H2;1-5,8H,6H2;1H2. The number of nitrogens with two attached hydrogens (primary N) is 1. The summed E-state index contributed by atoms with van der Waals surface area (Å²) in [5.41, 5.74) is 9.69. The lowest BCUT2D eigenvalue weighted by molar-refractivity contribution is 0.112. The molecule has 0 atom stereocenters. The second-order valence-electron chi connectivity index (χ2n) is 10.4. The van der Waals surface area contributed by atoms with Crippen molar-refractivity contribution in [3.63, 3.8) is 0 Å². The van der Waals surface area contributed by atoms with Crippen molar-refractivity contribution in [2.45, 2.75) is 19.6 Å². The Morgan fingerprint density at radius 2 is 1.29 bits per heavy atom. The van der Waals surface area contributed by atoms with Gasteiger partial charge in [0.2, 0.25) is 19.5 Å². The van der Waals surface area contributed by atoms with Gasteiger partial charge >= 0.3 is 0 Å². The minimum atomic E-state index is -0.00257. The van der Waals surface area contributed by atoms with Crippen LogP contribution in [0.5, 0.6) is 28.9 Å². The van der Waals surface area contributed by atoms with Crippen LogP contribution in [0.3, 0.4) is 0 Å². The number of aromatic nitrogens is 1. The van der Waals surface area contributed by atoms with E-state index in [0.29, 0.717) is 39.7 Å². The molecule has 4 aromatic carbocycles. The van der Waals surface area contributed by atoms with Crippen molar-refractivity contribution in [2.75, 3.05) is 19.3 Å². The molecule has 0 aliphatic carbocycles. The van der Waals surface area contributed by atoms with Crippen LogP contribution >= 0.6 is 0 Å². The van der Waals surface area contributed by atoms with Crippen molar-refractivity contribution in [1.29, 1.82) is 21.0 Å². The molecule has 52 heavy (non-hydrogen) atoms. The first-order valence-corrected chi connectivity index (χ1v) is 15.4. The lowest BCUT2D eigenvalue weighted by Crippen LogP contribution is -2.06. The smallest absolute Gasteiger partial charge is 0.234 e. The van der Waals surface area contributed by atoms with Crippen molar-refractivity contribution in [1.82, 2.24) is 4.98 Å². The van der Waals surface area contributed by atoms with E-state index in [9.17, 15) is 15.3 Å². The van der Waals surface area contributed by atoms with Gasteiger partial charge in [-0.15, -0.1) is 0 Å². The third kappa shape index (κ3) is 9.97. The Balaban J connectivity index is 0.000000204. The first-order chi connectivity index (χ1) is 25.5. The molecule has 0 spiro atoms. The molecule has 13 heteroatoms. The maximum atomic E-state index is 10.3. The van der Waals surface area contributed by atoms with E-state index in [4.69, 9.17) is 45.0 Å². The molecule has 13 nitrogen and oxygen atoms in total. The van der Waals surface area contributed by atoms with Gasteiger partial charge in [0.1, 0.15) is 48.4 Å². The summed E-state index contributed by atoms with van der Waals surface area (Å²) in [5.74, 6) is 2.56. The van der Waals surface area contributed by atoms with E-state index in [2.05, 4.69) is 11.1 Å². The number of hydrogen-bond donors (Lipinski definition) is 2. The molecule has 0 bridgehead atoms. The van der Waals surface area contributed by atoms with E-state index in [1.165, 1.54) is 0 Å². The summed E-state index contributed by atoms with van der Waals surface area (Å²) in [6.45, 7) is 0.728. The molecular weight excluding hydrogens is 664 g/mol. The summed E-state index contributed by atoms with van der Waals surface area (Å²) < 4.78 is 26.6. The number of aliphatic hydroxyl groups excluding tert-OH is 1. The minimum absolute atomic E-state index is 0. The van der Waals surface area contributed by atoms with E-state index >= 15 is 0 Å². The van der Waals surface area contributed by atoms with Crippen molar-refractivity contribution in [3.05, 3.63) is 125 Å². The number of ether oxygens (including phenoxy) is 5. The van der Waals surface area contributed by atoms with Crippen LogP contribution in [-0.2, 0) is 13.2 Å². The number of benzene rings is 4. The summed E-state index contributed by atoms with van der Waals surface area (Å²) >= 11 is 0. The zero-order valence-corrected chi connectivity index (χ0v) is 27.6. The number of nitrogen functional groups attached to an aromatic ring is 1. The fraction of sp³-hybridized carbons (Fsp3) is 0.128. The Hall–Kier alpha value is -7.58. The molecule has 258 valence electrons. The summed E-state index contributed by atoms with van der Waals surface area (Å²) in [4.78, 5) is 14.5. The molecule has 7 rings (SSSR count). The number of rotatable bonds is 6. The molecule has 3 heterocycles. The molecule has 2 aliphatic heterocycles. The molecule has 0 fully saturated rings. The van der Waals surface area contributed by atoms with Gasteiger partial charge in [0.05, 0.1) is 18.7 Å². The van der Waals surface area contributed by atoms with Gasteiger partial charge in [-0.25, -0.2) is 0 Å². The number of nitrogens with zero attached hydrogens (tertiary/aromatic N) is 5. The molecule has 5 aromatic rings. The topological polar surface area (TPSA) is 218 Å². The van der Waals surface area contributed by atoms with Crippen LogP contribution in [0.25, 0.3) is 11.1 Å². The molecule has 0 radical (unpaired) electrons. The lowest BCUT2D eigenvalue weighted by Gasteiger charge is -2.14. The van der Waals surface area contributed by atoms with Gasteiger partial charge in [-0.05, 0) is 47.0 Å². The van der Waals surface area contributed by atoms with Crippen molar-refractivity contribution in [2.24, 2.45) is 0 Å². The highest BCUT2D eigenvalue weighted by atomic mass is 16.7. The average Bonchev–Trinajstić information content (AvgIpc) is 3.88. The molecule has 3 N–H and O–H groups in total. The van der Waals surface area contributed by atoms with Crippen LogP contribution in [0.4, 0.5) is 5.82 Å². The number of aldehydes is 1. The quantitative estimate of drug-likeness (QED) is 0.189. The maximum absolute atomic E-state index is 10.3. The number of aliphatic hydroxyl groups is 1. The molecule has 2 aliphatic rings. The van der Waals surface area contributed by atoms with E-state index in [0.717, 1.165) is 17.4 Å². The Labute approximate surface area is 299 Å². The Morgan fingerprint density at radius 1 is 0.731 bits per heavy atom. The molecular formula is C39H30N6O7. The van der Waals surface area contributed by atoms with Gasteiger partial charge in [-0.2, -0.15) is 26.0 Å². The predicted octanol–water partition coefficient (Wildman–Crippen LogP) is 6.21. The number of nitriles is 4. The number of carbonyl (C=O) groups excluding carboxylic acids is 1. The number of fused-ring (bicyclic) bond motifs is 2. The van der Waals surface area contributed by atoms with E-state index in [-0.39, 0.29) is 56.0 Å². The molecule has 0 saturated heterocycles. The van der Waals surface area contributed by atoms with Crippen molar-refractivity contribution < 1.29 is 33.6 Å². The van der Waals surface area contributed by atoms with Gasteiger partial charge in [0, 0.05) is 11.1 Å². The highest BCUT2D eigenvalue weighted by molar-refractivity contribution is 5.83. The Kier molecular flexibility index (Phi) is 13.9. The summed E-state index contributed by atoms with van der Waals surface area (Å²) in [6.07, 6.45) is 0.780. The predicted molar refractivity (Wildman–Crippen MR) is 187 cm³/mol. The van der Waals surface area contributed by atoms with Crippen LogP contribution in [0, 0.1) is 45.3 Å². The number of hydrogen-bond acceptors (Lipinski definition) is 13. The van der Waals surface area contributed by atoms with Crippen molar-refractivity contribution >= 4 is 12.1 Å². The molecule has 0 saturated carbocycles. The van der Waals surface area contributed by atoms with Crippen LogP contribution in [0.1, 0.15) is 39.0 Å². The average molecular weight is 695 g/mol. The van der Waals surface area contributed by atoms with Crippen LogP contribution in [-0.4, -0.2) is 30.0 Å². The molecule has 0 amide bonds. The highest BCUT2D eigenvalue weighted by Gasteiger charge is 2.23. The third-order valence-electron chi connectivity index (χ3n) is 7.01. The normalized spacial score (nSPS) is 10.8. The van der Waals surface area contributed by atoms with E-state index in [1.54, 1.807) is 48.5 Å². The Bertz CT molecular complexity index is 2140. The SMILES string of the molecule is N#CCC#N.N#Cc1c(N)nc(OCc2ccccc2)c(C#N)c1-c1ccc2c(c1)OCO2.O=Cc1ccc2c(c1)OCO2.OCc1ccccc1. The number of carbonyl (C=O) groups is 1. The number of pyridine rings is 1. The zero-order chi connectivity index (χ0) is 37.1. The molecule has 1 aromatic heterocycles. The van der Waals surface area contributed by atoms with Gasteiger partial charge in [-0.1, -0.05) is 66.7 Å². The van der Waals surface area contributed by atoms with Gasteiger partial charge in [0.25, 0.3) is 0 Å². The van der Waals surface area contributed by atoms with E-state index < -0.39 is 0 Å². The highest BCUT2D eigenvalue weighted by Crippen LogP contribution is 2.40. The summed E-state index contributed by atoms with van der Waals surface area (Å²) in [6, 6.07) is 36.7. The second kappa shape index (κ2) is 19.4. The molecule has 0 unspecified atom stereocenters. The van der Waals surface area contributed by atoms with Crippen LogP contribution < -0.4 is 29.4 Å². The zero-order valence-electron chi connectivity index (χ0n) is 27.6. The van der Waals surface area contributed by atoms with E-state index in [1.807, 2.05) is 66.7 Å². The van der Waals surface area contributed by atoms with Crippen molar-refractivity contribution in [3.8, 4) is 64.3 Å². The maximum Gasteiger partial charge on any atom is 0.234 e. The van der Waals surface area contributed by atoms with Gasteiger partial charge in [-0.3, -0.25) is 4.79 Å². The monoisotopic (exact) mass is 694 g/mol. The number of anilines is 1. The minimum Gasteiger partial charge on any atom is -0.472 e.